The number of aromatic nitrogens is 1. The molecule has 1 saturated carbocycles. The van der Waals surface area contributed by atoms with Crippen molar-refractivity contribution >= 4 is 11.6 Å². The van der Waals surface area contributed by atoms with E-state index in [1.54, 1.807) is 12.4 Å². The van der Waals surface area contributed by atoms with Crippen molar-refractivity contribution in [2.24, 2.45) is 0 Å². The summed E-state index contributed by atoms with van der Waals surface area (Å²) in [5, 5.41) is 11.1. The summed E-state index contributed by atoms with van der Waals surface area (Å²) in [6, 6.07) is 1.86. The van der Waals surface area contributed by atoms with Crippen LogP contribution in [0.3, 0.4) is 0 Å². The molecule has 0 aliphatic heterocycles. The van der Waals surface area contributed by atoms with Crippen LogP contribution in [-0.2, 0) is 11.2 Å². The van der Waals surface area contributed by atoms with Gasteiger partial charge in [-0.05, 0) is 31.4 Å². The van der Waals surface area contributed by atoms with Gasteiger partial charge >= 0.3 is 0 Å². The Morgan fingerprint density at radius 3 is 2.83 bits per heavy atom. The number of halogens is 1. The highest BCUT2D eigenvalue weighted by atomic mass is 35.5. The van der Waals surface area contributed by atoms with E-state index in [9.17, 15) is 5.11 Å². The van der Waals surface area contributed by atoms with Crippen LogP contribution in [0.1, 0.15) is 38.2 Å². The third-order valence-corrected chi connectivity index (χ3v) is 4.10. The Balaban J connectivity index is 2.10. The lowest BCUT2D eigenvalue weighted by Gasteiger charge is -2.34. The van der Waals surface area contributed by atoms with Gasteiger partial charge in [0.1, 0.15) is 0 Å². The second-order valence-corrected chi connectivity index (χ2v) is 5.30. The van der Waals surface area contributed by atoms with E-state index >= 15 is 0 Å². The van der Waals surface area contributed by atoms with Crippen molar-refractivity contribution in [3.05, 3.63) is 29.0 Å². The zero-order valence-electron chi connectivity index (χ0n) is 10.7. The Labute approximate surface area is 113 Å². The van der Waals surface area contributed by atoms with E-state index in [2.05, 4.69) is 4.98 Å². The molecular weight excluding hydrogens is 250 g/mol. The molecule has 0 aromatic carbocycles. The molecule has 0 radical (unpaired) electrons. The minimum Gasteiger partial charge on any atom is -0.390 e. The molecule has 1 atom stereocenters. The smallest absolute Gasteiger partial charge is 0.0943 e. The van der Waals surface area contributed by atoms with E-state index in [4.69, 9.17) is 16.3 Å². The van der Waals surface area contributed by atoms with Crippen LogP contribution in [0, 0.1) is 0 Å². The van der Waals surface area contributed by atoms with Crippen LogP contribution < -0.4 is 0 Å². The summed E-state index contributed by atoms with van der Waals surface area (Å²) >= 11 is 6.08. The van der Waals surface area contributed by atoms with Gasteiger partial charge in [-0.2, -0.15) is 0 Å². The Hall–Kier alpha value is -0.640. The van der Waals surface area contributed by atoms with E-state index in [1.165, 1.54) is 0 Å². The minimum atomic E-state index is -0.500. The second kappa shape index (κ2) is 6.00. The molecule has 1 aliphatic rings. The van der Waals surface area contributed by atoms with E-state index in [1.807, 2.05) is 13.0 Å². The molecule has 1 heterocycles. The molecule has 0 saturated heterocycles. The van der Waals surface area contributed by atoms with Gasteiger partial charge < -0.3 is 9.84 Å². The highest BCUT2D eigenvalue weighted by Crippen LogP contribution is 2.37. The van der Waals surface area contributed by atoms with Crippen molar-refractivity contribution in [3.63, 3.8) is 0 Å². The van der Waals surface area contributed by atoms with Gasteiger partial charge in [-0.15, -0.1) is 0 Å². The summed E-state index contributed by atoms with van der Waals surface area (Å²) < 4.78 is 5.86. The van der Waals surface area contributed by atoms with Crippen molar-refractivity contribution in [1.29, 1.82) is 0 Å². The largest absolute Gasteiger partial charge is 0.390 e. The molecule has 1 aromatic heterocycles. The molecule has 3 nitrogen and oxygen atoms in total. The maximum Gasteiger partial charge on any atom is 0.0943 e. The molecular formula is C14H20ClNO2. The van der Waals surface area contributed by atoms with Crippen LogP contribution in [0.5, 0.6) is 0 Å². The summed E-state index contributed by atoms with van der Waals surface area (Å²) in [7, 11) is 0. The van der Waals surface area contributed by atoms with Crippen LogP contribution in [0.2, 0.25) is 5.02 Å². The van der Waals surface area contributed by atoms with Crippen LogP contribution in [0.4, 0.5) is 0 Å². The number of ether oxygens (including phenoxy) is 1. The van der Waals surface area contributed by atoms with Crippen molar-refractivity contribution < 1.29 is 9.84 Å². The normalized spacial score (nSPS) is 19.9. The fourth-order valence-electron chi connectivity index (χ4n) is 2.80. The van der Waals surface area contributed by atoms with Crippen LogP contribution >= 0.6 is 11.6 Å². The molecule has 1 fully saturated rings. The third kappa shape index (κ3) is 2.85. The third-order valence-electron chi connectivity index (χ3n) is 3.76. The summed E-state index contributed by atoms with van der Waals surface area (Å²) in [5.41, 5.74) is 0.562. The Kier molecular flexibility index (Phi) is 4.60. The van der Waals surface area contributed by atoms with Gasteiger partial charge in [0.15, 0.2) is 0 Å². The summed E-state index contributed by atoms with van der Waals surface area (Å²) in [6.07, 6.45) is 7.47. The molecule has 18 heavy (non-hydrogen) atoms. The molecule has 0 bridgehead atoms. The van der Waals surface area contributed by atoms with Gasteiger partial charge in [-0.3, -0.25) is 4.98 Å². The molecule has 0 amide bonds. The van der Waals surface area contributed by atoms with Crippen molar-refractivity contribution in [1.82, 2.24) is 4.98 Å². The first-order valence-corrected chi connectivity index (χ1v) is 6.96. The molecule has 1 aliphatic carbocycles. The first kappa shape index (κ1) is 13.8. The van der Waals surface area contributed by atoms with Crippen molar-refractivity contribution in [3.8, 4) is 0 Å². The van der Waals surface area contributed by atoms with E-state index in [0.29, 0.717) is 18.1 Å². The number of pyridine rings is 1. The lowest BCUT2D eigenvalue weighted by atomic mass is 9.90. The molecule has 1 N–H and O–H groups in total. The summed E-state index contributed by atoms with van der Waals surface area (Å²) in [5.74, 6) is 0. The number of aliphatic hydroxyl groups is 1. The Morgan fingerprint density at radius 1 is 1.50 bits per heavy atom. The zero-order chi connectivity index (χ0) is 13.0. The van der Waals surface area contributed by atoms with Gasteiger partial charge in [-0.25, -0.2) is 0 Å². The highest BCUT2D eigenvalue weighted by molar-refractivity contribution is 6.31. The van der Waals surface area contributed by atoms with Gasteiger partial charge in [0, 0.05) is 25.4 Å². The van der Waals surface area contributed by atoms with Gasteiger partial charge in [0.05, 0.1) is 16.7 Å². The van der Waals surface area contributed by atoms with Crippen LogP contribution in [-0.4, -0.2) is 28.4 Å². The highest BCUT2D eigenvalue weighted by Gasteiger charge is 2.41. The average Bonchev–Trinajstić information content (AvgIpc) is 2.82. The lowest BCUT2D eigenvalue weighted by Crippen LogP contribution is -2.43. The quantitative estimate of drug-likeness (QED) is 0.894. The lowest BCUT2D eigenvalue weighted by molar-refractivity contribution is -0.115. The number of hydrogen-bond acceptors (Lipinski definition) is 3. The van der Waals surface area contributed by atoms with Gasteiger partial charge in [0.2, 0.25) is 0 Å². The zero-order valence-corrected chi connectivity index (χ0v) is 11.5. The number of hydrogen-bond donors (Lipinski definition) is 1. The van der Waals surface area contributed by atoms with Crippen LogP contribution in [0.15, 0.2) is 18.5 Å². The fourth-order valence-corrected chi connectivity index (χ4v) is 3.00. The molecule has 1 aromatic rings. The SMILES string of the molecule is CCOC1(C(O)Cc2ccncc2Cl)CCCC1. The molecule has 4 heteroatoms. The first-order chi connectivity index (χ1) is 8.68. The molecule has 1 unspecified atom stereocenters. The predicted molar refractivity (Wildman–Crippen MR) is 71.8 cm³/mol. The second-order valence-electron chi connectivity index (χ2n) is 4.89. The minimum absolute atomic E-state index is 0.374. The first-order valence-electron chi connectivity index (χ1n) is 6.58. The van der Waals surface area contributed by atoms with Crippen molar-refractivity contribution in [2.45, 2.75) is 50.7 Å². The number of rotatable bonds is 5. The predicted octanol–water partition coefficient (Wildman–Crippen LogP) is 2.99. The molecule has 2 rings (SSSR count). The maximum absolute atomic E-state index is 10.5. The summed E-state index contributed by atoms with van der Waals surface area (Å²) in [6.45, 7) is 2.62. The average molecular weight is 270 g/mol. The monoisotopic (exact) mass is 269 g/mol. The van der Waals surface area contributed by atoms with E-state index in [0.717, 1.165) is 31.2 Å². The van der Waals surface area contributed by atoms with Crippen molar-refractivity contribution in [2.75, 3.05) is 6.61 Å². The fraction of sp³-hybridized carbons (Fsp3) is 0.643. The van der Waals surface area contributed by atoms with Gasteiger partial charge in [0.25, 0.3) is 0 Å². The standard InChI is InChI=1S/C14H20ClNO2/c1-2-18-14(6-3-4-7-14)13(17)9-11-5-8-16-10-12(11)15/h5,8,10,13,17H,2-4,6-7,9H2,1H3. The van der Waals surface area contributed by atoms with E-state index < -0.39 is 6.10 Å². The number of aliphatic hydroxyl groups excluding tert-OH is 1. The topological polar surface area (TPSA) is 42.4 Å². The Morgan fingerprint density at radius 2 is 2.22 bits per heavy atom. The summed E-state index contributed by atoms with van der Waals surface area (Å²) in [4.78, 5) is 3.96. The molecule has 100 valence electrons. The van der Waals surface area contributed by atoms with Gasteiger partial charge in [-0.1, -0.05) is 24.4 Å². The number of nitrogens with zero attached hydrogens (tertiary/aromatic N) is 1. The maximum atomic E-state index is 10.5. The van der Waals surface area contributed by atoms with E-state index in [-0.39, 0.29) is 5.60 Å². The Bertz CT molecular complexity index is 391. The molecule has 0 spiro atoms. The van der Waals surface area contributed by atoms with Crippen LogP contribution in [0.25, 0.3) is 0 Å².